The molecular formula is C11H9FN2. The summed E-state index contributed by atoms with van der Waals surface area (Å²) in [6.45, 7) is 0. The molecule has 70 valence electrons. The van der Waals surface area contributed by atoms with E-state index in [4.69, 9.17) is 5.73 Å². The molecule has 0 amide bonds. The molecule has 0 aliphatic heterocycles. The molecule has 0 saturated carbocycles. The Bertz CT molecular complexity index is 437. The largest absolute Gasteiger partial charge is 0.397 e. The second kappa shape index (κ2) is 3.46. The van der Waals surface area contributed by atoms with Gasteiger partial charge in [-0.3, -0.25) is 4.98 Å². The van der Waals surface area contributed by atoms with Gasteiger partial charge < -0.3 is 5.73 Å². The lowest BCUT2D eigenvalue weighted by Crippen LogP contribution is -1.90. The average Bonchev–Trinajstić information content (AvgIpc) is 2.20. The second-order valence-corrected chi connectivity index (χ2v) is 2.97. The first-order chi connectivity index (χ1) is 6.77. The van der Waals surface area contributed by atoms with Crippen molar-refractivity contribution < 1.29 is 4.39 Å². The van der Waals surface area contributed by atoms with Crippen molar-refractivity contribution in [1.29, 1.82) is 0 Å². The van der Waals surface area contributed by atoms with Crippen LogP contribution in [0.15, 0.2) is 42.7 Å². The van der Waals surface area contributed by atoms with Crippen molar-refractivity contribution in [3.8, 4) is 11.1 Å². The fraction of sp³-hybridized carbons (Fsp3) is 0. The molecule has 0 unspecified atom stereocenters. The van der Waals surface area contributed by atoms with Gasteiger partial charge in [0.1, 0.15) is 5.82 Å². The monoisotopic (exact) mass is 188 g/mol. The minimum atomic E-state index is -0.249. The number of hydrogen-bond donors (Lipinski definition) is 1. The Balaban J connectivity index is 2.50. The van der Waals surface area contributed by atoms with Gasteiger partial charge >= 0.3 is 0 Å². The molecule has 2 rings (SSSR count). The average molecular weight is 188 g/mol. The summed E-state index contributed by atoms with van der Waals surface area (Å²) in [4.78, 5) is 3.89. The molecule has 2 N–H and O–H groups in total. The quantitative estimate of drug-likeness (QED) is 0.746. The topological polar surface area (TPSA) is 38.9 Å². The number of nitrogen functional groups attached to an aromatic ring is 1. The summed E-state index contributed by atoms with van der Waals surface area (Å²) in [7, 11) is 0. The lowest BCUT2D eigenvalue weighted by Gasteiger charge is -2.03. The minimum absolute atomic E-state index is 0.249. The van der Waals surface area contributed by atoms with Crippen LogP contribution in [-0.4, -0.2) is 4.98 Å². The summed E-state index contributed by atoms with van der Waals surface area (Å²) in [5, 5.41) is 0. The maximum absolute atomic E-state index is 12.7. The van der Waals surface area contributed by atoms with Crippen LogP contribution in [0.25, 0.3) is 11.1 Å². The number of halogens is 1. The maximum atomic E-state index is 12.7. The summed E-state index contributed by atoms with van der Waals surface area (Å²) in [6.07, 6.45) is 3.24. The van der Waals surface area contributed by atoms with Gasteiger partial charge in [-0.1, -0.05) is 12.1 Å². The zero-order valence-corrected chi connectivity index (χ0v) is 7.44. The molecule has 2 nitrogen and oxygen atoms in total. The first kappa shape index (κ1) is 8.69. The minimum Gasteiger partial charge on any atom is -0.397 e. The highest BCUT2D eigenvalue weighted by atomic mass is 19.1. The summed E-state index contributed by atoms with van der Waals surface area (Å²) in [5.41, 5.74) is 8.10. The third-order valence-corrected chi connectivity index (χ3v) is 2.01. The van der Waals surface area contributed by atoms with Gasteiger partial charge in [0.25, 0.3) is 0 Å². The van der Waals surface area contributed by atoms with Gasteiger partial charge in [-0.2, -0.15) is 0 Å². The van der Waals surface area contributed by atoms with Crippen LogP contribution in [0.3, 0.4) is 0 Å². The molecular weight excluding hydrogens is 179 g/mol. The van der Waals surface area contributed by atoms with Gasteiger partial charge in [0.05, 0.1) is 11.9 Å². The van der Waals surface area contributed by atoms with Crippen LogP contribution in [-0.2, 0) is 0 Å². The van der Waals surface area contributed by atoms with Crippen molar-refractivity contribution in [3.63, 3.8) is 0 Å². The zero-order valence-electron chi connectivity index (χ0n) is 7.44. The Morgan fingerprint density at radius 2 is 1.79 bits per heavy atom. The van der Waals surface area contributed by atoms with Crippen molar-refractivity contribution in [2.75, 3.05) is 5.73 Å². The third kappa shape index (κ3) is 1.57. The van der Waals surface area contributed by atoms with Crippen molar-refractivity contribution in [3.05, 3.63) is 48.5 Å². The summed E-state index contributed by atoms with van der Waals surface area (Å²) in [6, 6.07) is 8.02. The first-order valence-electron chi connectivity index (χ1n) is 4.23. The summed E-state index contributed by atoms with van der Waals surface area (Å²) in [5.74, 6) is -0.249. The standard InChI is InChI=1S/C11H9FN2/c12-9-3-1-8(2-4-9)10-5-6-14-7-11(10)13/h1-7H,13H2. The van der Waals surface area contributed by atoms with E-state index in [1.165, 1.54) is 12.1 Å². The van der Waals surface area contributed by atoms with Crippen molar-refractivity contribution >= 4 is 5.69 Å². The predicted molar refractivity (Wildman–Crippen MR) is 54.0 cm³/mol. The van der Waals surface area contributed by atoms with E-state index >= 15 is 0 Å². The van der Waals surface area contributed by atoms with E-state index in [0.29, 0.717) is 5.69 Å². The molecule has 0 atom stereocenters. The number of anilines is 1. The van der Waals surface area contributed by atoms with Gasteiger partial charge in [0, 0.05) is 11.8 Å². The molecule has 3 heteroatoms. The second-order valence-electron chi connectivity index (χ2n) is 2.97. The van der Waals surface area contributed by atoms with Gasteiger partial charge in [0.15, 0.2) is 0 Å². The number of pyridine rings is 1. The third-order valence-electron chi connectivity index (χ3n) is 2.01. The Labute approximate surface area is 81.2 Å². The van der Waals surface area contributed by atoms with E-state index < -0.39 is 0 Å². The molecule has 1 aromatic carbocycles. The smallest absolute Gasteiger partial charge is 0.123 e. The summed E-state index contributed by atoms with van der Waals surface area (Å²) >= 11 is 0. The molecule has 0 aliphatic rings. The maximum Gasteiger partial charge on any atom is 0.123 e. The van der Waals surface area contributed by atoms with E-state index in [1.807, 2.05) is 6.07 Å². The van der Waals surface area contributed by atoms with E-state index in [-0.39, 0.29) is 5.82 Å². The molecule has 0 saturated heterocycles. The molecule has 0 radical (unpaired) electrons. The summed E-state index contributed by atoms with van der Waals surface area (Å²) < 4.78 is 12.7. The van der Waals surface area contributed by atoms with Gasteiger partial charge in [-0.15, -0.1) is 0 Å². The van der Waals surface area contributed by atoms with Crippen LogP contribution < -0.4 is 5.73 Å². The Hall–Kier alpha value is -1.90. The highest BCUT2D eigenvalue weighted by Crippen LogP contribution is 2.24. The number of aromatic nitrogens is 1. The highest BCUT2D eigenvalue weighted by molar-refractivity contribution is 5.75. The molecule has 0 fully saturated rings. The Morgan fingerprint density at radius 3 is 2.43 bits per heavy atom. The zero-order chi connectivity index (χ0) is 9.97. The van der Waals surface area contributed by atoms with Crippen LogP contribution in [0.5, 0.6) is 0 Å². The molecule has 0 spiro atoms. The molecule has 0 aliphatic carbocycles. The van der Waals surface area contributed by atoms with E-state index in [9.17, 15) is 4.39 Å². The molecule has 14 heavy (non-hydrogen) atoms. The number of rotatable bonds is 1. The van der Waals surface area contributed by atoms with Gasteiger partial charge in [-0.25, -0.2) is 4.39 Å². The Morgan fingerprint density at radius 1 is 1.07 bits per heavy atom. The van der Waals surface area contributed by atoms with Crippen LogP contribution in [0.4, 0.5) is 10.1 Å². The SMILES string of the molecule is Nc1cnccc1-c1ccc(F)cc1. The molecule has 0 bridgehead atoms. The van der Waals surface area contributed by atoms with Crippen LogP contribution >= 0.6 is 0 Å². The van der Waals surface area contributed by atoms with E-state index in [0.717, 1.165) is 11.1 Å². The normalized spacial score (nSPS) is 10.1. The van der Waals surface area contributed by atoms with E-state index in [2.05, 4.69) is 4.98 Å². The highest BCUT2D eigenvalue weighted by Gasteiger charge is 2.01. The molecule has 1 aromatic heterocycles. The first-order valence-corrected chi connectivity index (χ1v) is 4.23. The van der Waals surface area contributed by atoms with Gasteiger partial charge in [0.2, 0.25) is 0 Å². The lowest BCUT2D eigenvalue weighted by atomic mass is 10.1. The number of nitrogens with zero attached hydrogens (tertiary/aromatic N) is 1. The fourth-order valence-electron chi connectivity index (χ4n) is 1.30. The number of benzene rings is 1. The molecule has 1 heterocycles. The predicted octanol–water partition coefficient (Wildman–Crippen LogP) is 2.47. The van der Waals surface area contributed by atoms with Gasteiger partial charge in [-0.05, 0) is 23.8 Å². The number of nitrogens with two attached hydrogens (primary N) is 1. The van der Waals surface area contributed by atoms with E-state index in [1.54, 1.807) is 24.5 Å². The fourth-order valence-corrected chi connectivity index (χ4v) is 1.30. The van der Waals surface area contributed by atoms with Crippen molar-refractivity contribution in [2.24, 2.45) is 0 Å². The van der Waals surface area contributed by atoms with Crippen LogP contribution in [0.1, 0.15) is 0 Å². The van der Waals surface area contributed by atoms with Crippen LogP contribution in [0, 0.1) is 5.82 Å². The van der Waals surface area contributed by atoms with Crippen molar-refractivity contribution in [2.45, 2.75) is 0 Å². The number of hydrogen-bond acceptors (Lipinski definition) is 2. The van der Waals surface area contributed by atoms with Crippen molar-refractivity contribution in [1.82, 2.24) is 4.98 Å². The Kier molecular flexibility index (Phi) is 2.14. The van der Waals surface area contributed by atoms with Crippen LogP contribution in [0.2, 0.25) is 0 Å². The molecule has 2 aromatic rings. The lowest BCUT2D eigenvalue weighted by molar-refractivity contribution is 0.628.